The first kappa shape index (κ1) is 26.1. The molecule has 0 unspecified atom stereocenters. The SMILES string of the molecule is CCn1nc(Nc2cc(-c3ccnc(N4CCn5c(cc6c5CC(C)(C)C6)C4=O)c3CO)cn(C)c2=O)cc1C. The van der Waals surface area contributed by atoms with Gasteiger partial charge in [0.1, 0.15) is 17.2 Å². The molecular weight excluding hydrogens is 506 g/mol. The quantitative estimate of drug-likeness (QED) is 0.384. The number of nitrogens with zero attached hydrogens (tertiary/aromatic N) is 6. The lowest BCUT2D eigenvalue weighted by atomic mass is 9.90. The lowest BCUT2D eigenvalue weighted by molar-refractivity contribution is 0.0962. The summed E-state index contributed by atoms with van der Waals surface area (Å²) in [5, 5.41) is 18.2. The lowest BCUT2D eigenvalue weighted by Crippen LogP contribution is -2.41. The van der Waals surface area contributed by atoms with Gasteiger partial charge in [-0.25, -0.2) is 4.98 Å². The second kappa shape index (κ2) is 9.48. The first-order valence-electron chi connectivity index (χ1n) is 13.7. The van der Waals surface area contributed by atoms with Crippen molar-refractivity contribution in [2.24, 2.45) is 12.5 Å². The lowest BCUT2D eigenvalue weighted by Gasteiger charge is -2.31. The Kier molecular flexibility index (Phi) is 6.18. The first-order valence-corrected chi connectivity index (χ1v) is 13.7. The average molecular weight is 542 g/mol. The molecule has 2 N–H and O–H groups in total. The van der Waals surface area contributed by atoms with Crippen LogP contribution in [0.2, 0.25) is 0 Å². The second-order valence-electron chi connectivity index (χ2n) is 11.6. The number of carbonyl (C=O) groups is 1. The van der Waals surface area contributed by atoms with Crippen LogP contribution in [0.25, 0.3) is 11.1 Å². The van der Waals surface area contributed by atoms with Crippen molar-refractivity contribution < 1.29 is 9.90 Å². The van der Waals surface area contributed by atoms with Crippen LogP contribution in [0.4, 0.5) is 17.3 Å². The van der Waals surface area contributed by atoms with E-state index in [9.17, 15) is 14.7 Å². The third kappa shape index (κ3) is 4.23. The molecule has 1 aliphatic heterocycles. The molecule has 0 spiro atoms. The van der Waals surface area contributed by atoms with Crippen molar-refractivity contribution in [2.45, 2.75) is 60.2 Å². The largest absolute Gasteiger partial charge is 0.392 e. The zero-order chi connectivity index (χ0) is 28.3. The molecule has 0 radical (unpaired) electrons. The smallest absolute Gasteiger partial charge is 0.276 e. The standard InChI is InChI=1S/C30H35N7O3/c1-6-37-18(2)11-26(33-37)32-23-12-20(16-34(5)28(23)39)21-7-8-31-27(22(21)17-38)36-10-9-35-24(29(36)40)13-19-14-30(3,4)15-25(19)35/h7-8,11-13,16,38H,6,9-10,14-15,17H2,1-5H3,(H,32,33). The molecule has 10 heteroatoms. The van der Waals surface area contributed by atoms with Gasteiger partial charge in [-0.3, -0.25) is 19.2 Å². The van der Waals surface area contributed by atoms with Crippen LogP contribution >= 0.6 is 0 Å². The van der Waals surface area contributed by atoms with Crippen molar-refractivity contribution in [3.05, 3.63) is 75.2 Å². The van der Waals surface area contributed by atoms with Crippen LogP contribution in [0, 0.1) is 12.3 Å². The van der Waals surface area contributed by atoms with Crippen molar-refractivity contribution in [1.29, 1.82) is 0 Å². The molecule has 2 aliphatic rings. The van der Waals surface area contributed by atoms with Gasteiger partial charge in [-0.15, -0.1) is 0 Å². The van der Waals surface area contributed by atoms with Crippen LogP contribution in [0.1, 0.15) is 53.8 Å². The minimum Gasteiger partial charge on any atom is -0.392 e. The minimum absolute atomic E-state index is 0.109. The fourth-order valence-electron chi connectivity index (χ4n) is 6.23. The maximum absolute atomic E-state index is 13.7. The topological polar surface area (TPSA) is 110 Å². The number of hydrogen-bond donors (Lipinski definition) is 2. The first-order chi connectivity index (χ1) is 19.1. The highest BCUT2D eigenvalue weighted by molar-refractivity contribution is 6.06. The summed E-state index contributed by atoms with van der Waals surface area (Å²) in [5.41, 5.74) is 6.54. The molecule has 1 aliphatic carbocycles. The average Bonchev–Trinajstić information content (AvgIpc) is 3.55. The summed E-state index contributed by atoms with van der Waals surface area (Å²) in [6.07, 6.45) is 5.31. The third-order valence-electron chi connectivity index (χ3n) is 8.11. The summed E-state index contributed by atoms with van der Waals surface area (Å²) in [6, 6.07) is 7.50. The Morgan fingerprint density at radius 1 is 1.12 bits per heavy atom. The molecule has 0 saturated heterocycles. The maximum Gasteiger partial charge on any atom is 0.276 e. The number of aliphatic hydroxyl groups is 1. The van der Waals surface area contributed by atoms with Crippen LogP contribution in [0.15, 0.2) is 41.5 Å². The molecule has 6 rings (SSSR count). The second-order valence-corrected chi connectivity index (χ2v) is 11.6. The van der Waals surface area contributed by atoms with E-state index >= 15 is 0 Å². The zero-order valence-corrected chi connectivity index (χ0v) is 23.7. The number of carbonyl (C=O) groups excluding carboxylic acids is 1. The van der Waals surface area contributed by atoms with Crippen LogP contribution in [0.5, 0.6) is 0 Å². The van der Waals surface area contributed by atoms with E-state index in [4.69, 9.17) is 0 Å². The molecule has 4 aromatic rings. The molecule has 0 aromatic carbocycles. The normalized spacial score (nSPS) is 15.8. The molecule has 208 valence electrons. The fraction of sp³-hybridized carbons (Fsp3) is 0.400. The molecular formula is C30H35N7O3. The fourth-order valence-corrected chi connectivity index (χ4v) is 6.23. The predicted molar refractivity (Wildman–Crippen MR) is 154 cm³/mol. The van der Waals surface area contributed by atoms with E-state index in [0.29, 0.717) is 47.2 Å². The summed E-state index contributed by atoms with van der Waals surface area (Å²) in [4.78, 5) is 33.0. The summed E-state index contributed by atoms with van der Waals surface area (Å²) < 4.78 is 5.53. The molecule has 0 fully saturated rings. The Labute approximate surface area is 232 Å². The van der Waals surface area contributed by atoms with Crippen LogP contribution < -0.4 is 15.8 Å². The number of hydrogen-bond acceptors (Lipinski definition) is 6. The van der Waals surface area contributed by atoms with E-state index in [-0.39, 0.29) is 23.5 Å². The van der Waals surface area contributed by atoms with Gasteiger partial charge in [0.25, 0.3) is 11.5 Å². The number of aryl methyl sites for hydroxylation is 3. The number of anilines is 3. The van der Waals surface area contributed by atoms with Gasteiger partial charge in [0.2, 0.25) is 0 Å². The monoisotopic (exact) mass is 541 g/mol. The van der Waals surface area contributed by atoms with Crippen LogP contribution in [-0.4, -0.2) is 41.5 Å². The van der Waals surface area contributed by atoms with Gasteiger partial charge in [0, 0.05) is 67.7 Å². The predicted octanol–water partition coefficient (Wildman–Crippen LogP) is 3.79. The summed E-state index contributed by atoms with van der Waals surface area (Å²) in [7, 11) is 1.69. The molecule has 0 saturated carbocycles. The Bertz CT molecular complexity index is 1710. The number of rotatable bonds is 6. The van der Waals surface area contributed by atoms with E-state index in [0.717, 1.165) is 30.6 Å². The molecule has 0 atom stereocenters. The maximum atomic E-state index is 13.7. The Balaban J connectivity index is 1.37. The number of aliphatic hydroxyl groups excluding tert-OH is 1. The highest BCUT2D eigenvalue weighted by atomic mass is 16.3. The van der Waals surface area contributed by atoms with Gasteiger partial charge in [-0.2, -0.15) is 5.10 Å². The molecule has 1 amide bonds. The highest BCUT2D eigenvalue weighted by Crippen LogP contribution is 2.40. The molecule has 10 nitrogen and oxygen atoms in total. The Morgan fingerprint density at radius 2 is 1.93 bits per heavy atom. The van der Waals surface area contributed by atoms with Crippen molar-refractivity contribution in [1.82, 2.24) is 23.9 Å². The Hall–Kier alpha value is -4.18. The number of aromatic nitrogens is 5. The van der Waals surface area contributed by atoms with Crippen molar-refractivity contribution in [3.8, 4) is 11.1 Å². The number of pyridine rings is 2. The van der Waals surface area contributed by atoms with E-state index < -0.39 is 0 Å². The van der Waals surface area contributed by atoms with Gasteiger partial charge in [0.05, 0.1) is 6.61 Å². The van der Waals surface area contributed by atoms with E-state index in [2.05, 4.69) is 33.8 Å². The number of amides is 1. The third-order valence-corrected chi connectivity index (χ3v) is 8.11. The molecule has 4 aromatic heterocycles. The van der Waals surface area contributed by atoms with Gasteiger partial charge >= 0.3 is 0 Å². The van der Waals surface area contributed by atoms with Crippen molar-refractivity contribution in [3.63, 3.8) is 0 Å². The molecule has 5 heterocycles. The van der Waals surface area contributed by atoms with Gasteiger partial charge < -0.3 is 19.6 Å². The zero-order valence-electron chi connectivity index (χ0n) is 23.7. The van der Waals surface area contributed by atoms with Gasteiger partial charge in [-0.05, 0) is 61.4 Å². The number of nitrogens with one attached hydrogen (secondary N) is 1. The van der Waals surface area contributed by atoms with Gasteiger partial charge in [-0.1, -0.05) is 13.8 Å². The van der Waals surface area contributed by atoms with E-state index in [1.165, 1.54) is 15.8 Å². The minimum atomic E-state index is -0.306. The summed E-state index contributed by atoms with van der Waals surface area (Å²) in [6.45, 7) is 10.1. The molecule has 40 heavy (non-hydrogen) atoms. The summed E-state index contributed by atoms with van der Waals surface area (Å²) >= 11 is 0. The molecule has 0 bridgehead atoms. The highest BCUT2D eigenvalue weighted by Gasteiger charge is 2.37. The Morgan fingerprint density at radius 3 is 2.65 bits per heavy atom. The van der Waals surface area contributed by atoms with Crippen LogP contribution in [-0.2, 0) is 39.6 Å². The van der Waals surface area contributed by atoms with E-state index in [1.807, 2.05) is 36.7 Å². The van der Waals surface area contributed by atoms with Gasteiger partial charge in [0.15, 0.2) is 5.82 Å². The van der Waals surface area contributed by atoms with Crippen molar-refractivity contribution >= 4 is 23.2 Å². The van der Waals surface area contributed by atoms with Crippen molar-refractivity contribution in [2.75, 3.05) is 16.8 Å². The number of fused-ring (bicyclic) bond motifs is 3. The van der Waals surface area contributed by atoms with E-state index in [1.54, 1.807) is 30.4 Å². The van der Waals surface area contributed by atoms with Crippen LogP contribution in [0.3, 0.4) is 0 Å². The summed E-state index contributed by atoms with van der Waals surface area (Å²) in [5.74, 6) is 0.921.